The van der Waals surface area contributed by atoms with E-state index in [9.17, 15) is 0 Å². The Hall–Kier alpha value is -1.60. The maximum absolute atomic E-state index is 5.65. The number of hydrogen-bond acceptors (Lipinski definition) is 1. The Morgan fingerprint density at radius 1 is 0.882 bits per heavy atom. The SMILES string of the molecule is CC1(c2ccc(-c3ccccc3)cc2)CCO1. The summed E-state index contributed by atoms with van der Waals surface area (Å²) in [6.07, 6.45) is 1.12. The molecule has 2 aromatic rings. The summed E-state index contributed by atoms with van der Waals surface area (Å²) in [5, 5.41) is 0. The lowest BCUT2D eigenvalue weighted by Gasteiger charge is -2.39. The minimum absolute atomic E-state index is 0.0464. The first-order chi connectivity index (χ1) is 8.28. The topological polar surface area (TPSA) is 9.23 Å². The van der Waals surface area contributed by atoms with Gasteiger partial charge in [0.15, 0.2) is 0 Å². The molecule has 0 saturated carbocycles. The Kier molecular flexibility index (Phi) is 2.49. The molecule has 1 saturated heterocycles. The highest BCUT2D eigenvalue weighted by atomic mass is 16.5. The van der Waals surface area contributed by atoms with Gasteiger partial charge in [-0.1, -0.05) is 54.6 Å². The highest BCUT2D eigenvalue weighted by molar-refractivity contribution is 5.63. The fraction of sp³-hybridized carbons (Fsp3) is 0.250. The highest BCUT2D eigenvalue weighted by Gasteiger charge is 2.34. The fourth-order valence-electron chi connectivity index (χ4n) is 2.28. The predicted molar refractivity (Wildman–Crippen MR) is 69.8 cm³/mol. The maximum atomic E-state index is 5.65. The van der Waals surface area contributed by atoms with Crippen LogP contribution >= 0.6 is 0 Å². The summed E-state index contributed by atoms with van der Waals surface area (Å²) in [5.41, 5.74) is 3.76. The molecule has 3 rings (SSSR count). The van der Waals surface area contributed by atoms with Crippen LogP contribution in [0.3, 0.4) is 0 Å². The Balaban J connectivity index is 1.90. The van der Waals surface area contributed by atoms with Crippen molar-refractivity contribution in [2.24, 2.45) is 0 Å². The summed E-state index contributed by atoms with van der Waals surface area (Å²) in [4.78, 5) is 0. The summed E-state index contributed by atoms with van der Waals surface area (Å²) in [6.45, 7) is 3.05. The first-order valence-corrected chi connectivity index (χ1v) is 6.08. The van der Waals surface area contributed by atoms with Crippen LogP contribution in [-0.4, -0.2) is 6.61 Å². The van der Waals surface area contributed by atoms with Crippen LogP contribution < -0.4 is 0 Å². The van der Waals surface area contributed by atoms with Crippen LogP contribution in [0.15, 0.2) is 54.6 Å². The van der Waals surface area contributed by atoms with E-state index in [4.69, 9.17) is 4.74 Å². The van der Waals surface area contributed by atoms with Crippen molar-refractivity contribution in [2.45, 2.75) is 18.9 Å². The number of hydrogen-bond donors (Lipinski definition) is 0. The summed E-state index contributed by atoms with van der Waals surface area (Å²) in [7, 11) is 0. The van der Waals surface area contributed by atoms with E-state index in [2.05, 4.69) is 55.5 Å². The molecular formula is C16H16O. The minimum Gasteiger partial charge on any atom is -0.370 e. The van der Waals surface area contributed by atoms with Crippen LogP contribution in [0.2, 0.25) is 0 Å². The Bertz CT molecular complexity index is 495. The molecule has 1 heteroatoms. The average molecular weight is 224 g/mol. The largest absolute Gasteiger partial charge is 0.370 e. The van der Waals surface area contributed by atoms with Crippen LogP contribution in [0.4, 0.5) is 0 Å². The maximum Gasteiger partial charge on any atom is 0.0925 e. The van der Waals surface area contributed by atoms with Gasteiger partial charge in [-0.15, -0.1) is 0 Å². The molecular weight excluding hydrogens is 208 g/mol. The minimum atomic E-state index is -0.0464. The Morgan fingerprint density at radius 3 is 2.00 bits per heavy atom. The molecule has 1 nitrogen and oxygen atoms in total. The Morgan fingerprint density at radius 2 is 1.47 bits per heavy atom. The summed E-state index contributed by atoms with van der Waals surface area (Å²) in [6, 6.07) is 19.2. The molecule has 17 heavy (non-hydrogen) atoms. The first kappa shape index (κ1) is 10.5. The van der Waals surface area contributed by atoms with E-state index >= 15 is 0 Å². The normalized spacial score (nSPS) is 23.1. The molecule has 0 N–H and O–H groups in total. The molecule has 1 heterocycles. The lowest BCUT2D eigenvalue weighted by Crippen LogP contribution is -2.37. The molecule has 0 radical (unpaired) electrons. The lowest BCUT2D eigenvalue weighted by atomic mass is 9.87. The summed E-state index contributed by atoms with van der Waals surface area (Å²) >= 11 is 0. The molecule has 1 unspecified atom stereocenters. The monoisotopic (exact) mass is 224 g/mol. The second-order valence-electron chi connectivity index (χ2n) is 4.77. The third-order valence-electron chi connectivity index (χ3n) is 3.60. The molecule has 0 bridgehead atoms. The van der Waals surface area contributed by atoms with Crippen LogP contribution in [0.25, 0.3) is 11.1 Å². The van der Waals surface area contributed by atoms with Crippen LogP contribution in [-0.2, 0) is 10.3 Å². The van der Waals surface area contributed by atoms with E-state index in [0.717, 1.165) is 13.0 Å². The predicted octanol–water partition coefficient (Wildman–Crippen LogP) is 3.99. The van der Waals surface area contributed by atoms with E-state index in [0.29, 0.717) is 0 Å². The van der Waals surface area contributed by atoms with Crippen molar-refractivity contribution in [3.8, 4) is 11.1 Å². The van der Waals surface area contributed by atoms with Crippen molar-refractivity contribution in [1.29, 1.82) is 0 Å². The van der Waals surface area contributed by atoms with E-state index in [-0.39, 0.29) is 5.60 Å². The molecule has 1 fully saturated rings. The quantitative estimate of drug-likeness (QED) is 0.749. The average Bonchev–Trinajstić information content (AvgIpc) is 2.37. The van der Waals surface area contributed by atoms with Crippen molar-refractivity contribution in [3.05, 3.63) is 60.2 Å². The van der Waals surface area contributed by atoms with Crippen molar-refractivity contribution in [2.75, 3.05) is 6.61 Å². The molecule has 0 amide bonds. The van der Waals surface area contributed by atoms with Crippen molar-refractivity contribution in [3.63, 3.8) is 0 Å². The molecule has 86 valence electrons. The van der Waals surface area contributed by atoms with Gasteiger partial charge in [0.1, 0.15) is 0 Å². The van der Waals surface area contributed by atoms with Crippen molar-refractivity contribution in [1.82, 2.24) is 0 Å². The molecule has 0 spiro atoms. The van der Waals surface area contributed by atoms with E-state index in [1.165, 1.54) is 16.7 Å². The van der Waals surface area contributed by atoms with Gasteiger partial charge in [0.05, 0.1) is 12.2 Å². The van der Waals surface area contributed by atoms with Gasteiger partial charge in [0, 0.05) is 6.42 Å². The van der Waals surface area contributed by atoms with Crippen molar-refractivity contribution < 1.29 is 4.74 Å². The van der Waals surface area contributed by atoms with Crippen molar-refractivity contribution >= 4 is 0 Å². The van der Waals surface area contributed by atoms with Gasteiger partial charge < -0.3 is 4.74 Å². The van der Waals surface area contributed by atoms with Gasteiger partial charge in [-0.25, -0.2) is 0 Å². The van der Waals surface area contributed by atoms with Crippen LogP contribution in [0, 0.1) is 0 Å². The third-order valence-corrected chi connectivity index (χ3v) is 3.60. The van der Waals surface area contributed by atoms with E-state index in [1.54, 1.807) is 0 Å². The second kappa shape index (κ2) is 4.01. The molecule has 1 atom stereocenters. The molecule has 0 aromatic heterocycles. The van der Waals surface area contributed by atoms with Gasteiger partial charge in [-0.3, -0.25) is 0 Å². The van der Waals surface area contributed by atoms with Gasteiger partial charge in [-0.05, 0) is 23.6 Å². The molecule has 1 aliphatic rings. The van der Waals surface area contributed by atoms with Crippen LogP contribution in [0.1, 0.15) is 18.9 Å². The number of benzene rings is 2. The zero-order valence-corrected chi connectivity index (χ0v) is 10.0. The molecule has 0 aliphatic carbocycles. The zero-order chi connectivity index (χ0) is 11.7. The van der Waals surface area contributed by atoms with E-state index in [1.807, 2.05) is 6.07 Å². The van der Waals surface area contributed by atoms with Gasteiger partial charge in [-0.2, -0.15) is 0 Å². The smallest absolute Gasteiger partial charge is 0.0925 e. The summed E-state index contributed by atoms with van der Waals surface area (Å²) in [5.74, 6) is 0. The fourth-order valence-corrected chi connectivity index (χ4v) is 2.28. The van der Waals surface area contributed by atoms with Crippen LogP contribution in [0.5, 0.6) is 0 Å². The third kappa shape index (κ3) is 1.87. The van der Waals surface area contributed by atoms with Gasteiger partial charge in [0.25, 0.3) is 0 Å². The number of ether oxygens (including phenoxy) is 1. The molecule has 1 aliphatic heterocycles. The number of rotatable bonds is 2. The lowest BCUT2D eigenvalue weighted by molar-refractivity contribution is -0.140. The first-order valence-electron chi connectivity index (χ1n) is 6.08. The summed E-state index contributed by atoms with van der Waals surface area (Å²) < 4.78 is 5.65. The zero-order valence-electron chi connectivity index (χ0n) is 10.0. The highest BCUT2D eigenvalue weighted by Crippen LogP contribution is 2.37. The van der Waals surface area contributed by atoms with E-state index < -0.39 is 0 Å². The standard InChI is InChI=1S/C16H16O/c1-16(11-12-17-16)15-9-7-14(8-10-15)13-5-3-2-4-6-13/h2-10H,11-12H2,1H3. The molecule has 2 aromatic carbocycles. The van der Waals surface area contributed by atoms with Gasteiger partial charge >= 0.3 is 0 Å². The van der Waals surface area contributed by atoms with Gasteiger partial charge in [0.2, 0.25) is 0 Å². The Labute approximate surface area is 102 Å². The second-order valence-corrected chi connectivity index (χ2v) is 4.77.